The number of H-pyrrole nitrogens is 1. The van der Waals surface area contributed by atoms with Gasteiger partial charge in [-0.25, -0.2) is 4.98 Å². The molecule has 3 aromatic carbocycles. The maximum absolute atomic E-state index is 15.1. The van der Waals surface area contributed by atoms with Crippen LogP contribution in [0.5, 0.6) is 11.5 Å². The minimum Gasteiger partial charge on any atom is -0.508 e. The van der Waals surface area contributed by atoms with Crippen LogP contribution in [0.3, 0.4) is 0 Å². The number of benzene rings is 3. The van der Waals surface area contributed by atoms with Gasteiger partial charge in [0.15, 0.2) is 0 Å². The largest absolute Gasteiger partial charge is 0.508 e. The van der Waals surface area contributed by atoms with E-state index in [0.29, 0.717) is 39.2 Å². The fraction of sp³-hybridized carbons (Fsp3) is 0.500. The van der Waals surface area contributed by atoms with Crippen molar-refractivity contribution in [2.45, 2.75) is 210 Å². The summed E-state index contributed by atoms with van der Waals surface area (Å²) < 4.78 is 0. The number of aliphatic hydroxyl groups excluding tert-OH is 2. The van der Waals surface area contributed by atoms with E-state index in [-0.39, 0.29) is 61.7 Å². The third kappa shape index (κ3) is 23.8. The molecule has 110 heavy (non-hydrogen) atoms. The highest BCUT2D eigenvalue weighted by Gasteiger charge is 2.46. The number of carbonyl (C=O) groups excluding carboxylic acids is 13. The van der Waals surface area contributed by atoms with Gasteiger partial charge in [-0.15, -0.1) is 0 Å². The predicted molar refractivity (Wildman–Crippen MR) is 411 cm³/mol. The van der Waals surface area contributed by atoms with E-state index in [1.807, 2.05) is 18.2 Å². The molecule has 0 unspecified atom stereocenters. The molecule has 0 spiro atoms. The first-order valence-electron chi connectivity index (χ1n) is 36.2. The van der Waals surface area contributed by atoms with E-state index in [1.54, 1.807) is 59.0 Å². The maximum Gasteiger partial charge on any atom is 0.246 e. The van der Waals surface area contributed by atoms with Gasteiger partial charge in [-0.1, -0.05) is 83.1 Å². The Morgan fingerprint density at radius 3 is 1.75 bits per heavy atom. The number of aromatic nitrogens is 2. The molecule has 596 valence electrons. The van der Waals surface area contributed by atoms with Gasteiger partial charge in [-0.05, 0) is 130 Å². The Morgan fingerprint density at radius 1 is 0.627 bits per heavy atom. The quantitative estimate of drug-likeness (QED) is 0.0845. The Morgan fingerprint density at radius 2 is 1.17 bits per heavy atom. The second-order valence-corrected chi connectivity index (χ2v) is 32.0. The average molecular weight is 1560 g/mol. The van der Waals surface area contributed by atoms with Crippen molar-refractivity contribution in [3.05, 3.63) is 125 Å². The van der Waals surface area contributed by atoms with Gasteiger partial charge in [-0.2, -0.15) is 23.5 Å². The molecule has 4 heterocycles. The molecule has 1 fully saturated rings. The Kier molecular flexibility index (Phi) is 30.3. The zero-order valence-corrected chi connectivity index (χ0v) is 65.3. The van der Waals surface area contributed by atoms with Crippen molar-refractivity contribution < 1.29 is 82.8 Å². The van der Waals surface area contributed by atoms with Crippen LogP contribution in [0.15, 0.2) is 97.3 Å². The molecule has 5 aromatic rings. The van der Waals surface area contributed by atoms with Gasteiger partial charge in [0.05, 0.1) is 12.2 Å². The van der Waals surface area contributed by atoms with Crippen LogP contribution < -0.4 is 64.2 Å². The van der Waals surface area contributed by atoms with Crippen LogP contribution in [0.25, 0.3) is 11.0 Å². The highest BCUT2D eigenvalue weighted by atomic mass is 32.2. The summed E-state index contributed by atoms with van der Waals surface area (Å²) in [4.78, 5) is 195. The number of pyridine rings is 1. The summed E-state index contributed by atoms with van der Waals surface area (Å²) in [6, 6.07) is 7.44. The van der Waals surface area contributed by atoms with Crippen molar-refractivity contribution in [2.24, 2.45) is 17.1 Å². The molecule has 2 bridgehead atoms. The lowest BCUT2D eigenvalue weighted by molar-refractivity contribution is -0.143. The number of carbonyl (C=O) groups is 13. The maximum atomic E-state index is 15.1. The van der Waals surface area contributed by atoms with E-state index < -0.39 is 172 Å². The van der Waals surface area contributed by atoms with Crippen LogP contribution >= 0.6 is 23.5 Å². The van der Waals surface area contributed by atoms with Gasteiger partial charge in [-0.3, -0.25) is 62.3 Å². The summed E-state index contributed by atoms with van der Waals surface area (Å²) in [6.45, 7) is 17.1. The molecule has 34 heteroatoms. The molecule has 7 rings (SSSR count). The molecular weight excluding hydrogens is 1460 g/mol. The summed E-state index contributed by atoms with van der Waals surface area (Å²) in [5.74, 6) is -11.9. The van der Waals surface area contributed by atoms with E-state index in [2.05, 4.69) is 68.5 Å². The van der Waals surface area contributed by atoms with Crippen LogP contribution in [0.2, 0.25) is 0 Å². The number of primary amides is 1. The zero-order chi connectivity index (χ0) is 81.3. The lowest BCUT2D eigenvalue weighted by Gasteiger charge is -2.36. The number of aromatic amines is 1. The van der Waals surface area contributed by atoms with E-state index in [4.69, 9.17) is 5.73 Å². The first-order valence-corrected chi connectivity index (χ1v) is 38.5. The van der Waals surface area contributed by atoms with Crippen molar-refractivity contribution in [3.8, 4) is 11.5 Å². The number of nitrogens with two attached hydrogens (primary N) is 1. The second kappa shape index (κ2) is 38.4. The zero-order valence-electron chi connectivity index (χ0n) is 63.7. The molecular formula is C76H103N15O17S2. The highest BCUT2D eigenvalue weighted by Crippen LogP contribution is 2.27. The van der Waals surface area contributed by atoms with Gasteiger partial charge < -0.3 is 94.5 Å². The highest BCUT2D eigenvalue weighted by molar-refractivity contribution is 7.98. The summed E-state index contributed by atoms with van der Waals surface area (Å²) in [7, 11) is 0. The third-order valence-corrected chi connectivity index (χ3v) is 21.4. The van der Waals surface area contributed by atoms with E-state index in [1.165, 1.54) is 132 Å². The second-order valence-electron chi connectivity index (χ2n) is 30.0. The Balaban J connectivity index is 1.23. The van der Waals surface area contributed by atoms with Crippen LogP contribution in [-0.4, -0.2) is 214 Å². The van der Waals surface area contributed by atoms with Crippen LogP contribution in [0.4, 0.5) is 0 Å². The standard InChI is InChI=1S/C76H103N15O17S2/c1-39(2)76(12)73(108)87-59(42(5)93)69(104)85-55(61(77)97)37-109-35-46-16-13-17-47(30-46)36-110-38-56(81-43(6)94)64(99)88-60(74(7,8)9)70(105)84-54(32-45-22-26-50(96)27-23-45)71(106)91-29-15-19-57(91)67(102)86-58(41(4)92)68(103)83-53(33-48-34-79-62-51(48)18-14-28-78-62)65(100)89-75(10,11)72(107)80-40(3)63(98)82-52(66(101)90-76)31-44-20-24-49(95)25-21-44/h13-14,16-18,20-28,30,34,39-42,52-60,92-93,95-96H,15,19,29,31-33,35-38H2,1-12H3,(H2,77,97)(H,78,79)(H,80,107)(H,81,94)(H,82,98)(H,83,103)(H,84,105)(H,85,104)(H,86,102)(H,87,108)(H,88,99)(H,89,100)(H,90,101)/t40-,41-,42+,52-,53-,54-,55+,56-,57-,58-,59-,60+,76-/m0/s1. The van der Waals surface area contributed by atoms with Gasteiger partial charge in [0.1, 0.15) is 88.6 Å². The van der Waals surface area contributed by atoms with Gasteiger partial charge in [0, 0.05) is 73.5 Å². The normalized spacial score (nSPS) is 25.6. The van der Waals surface area contributed by atoms with Crippen molar-refractivity contribution in [2.75, 3.05) is 18.1 Å². The SMILES string of the molecule is CC(=O)N[C@H]1CSCc2cccc(c2)CSC[C@H](C(N)=O)NC(=O)[C@H]([C@@H](C)O)NC(=O)[C@](C)(C(C)C)NC(=O)[C@H](Cc2ccc(O)cc2)NC(=O)[C@H](C)NC(=O)C(C)(C)NC(=O)[C@H](Cc2c[nH]c3ncccc23)NC(=O)[C@H]([C@H](C)O)NC(=O)[C@@H]2CCCN2C(=O)[C@H](Cc2ccc(O)cc2)NC(=O)[C@H](C(C)(C)C)NC1=O. The van der Waals surface area contributed by atoms with Gasteiger partial charge >= 0.3 is 0 Å². The van der Waals surface area contributed by atoms with Crippen molar-refractivity contribution in [3.63, 3.8) is 0 Å². The van der Waals surface area contributed by atoms with E-state index in [0.717, 1.165) is 11.1 Å². The molecule has 18 N–H and O–H groups in total. The van der Waals surface area contributed by atoms with Crippen molar-refractivity contribution in [1.82, 2.24) is 73.4 Å². The lowest BCUT2D eigenvalue weighted by Crippen LogP contribution is -2.67. The summed E-state index contributed by atoms with van der Waals surface area (Å²) in [5.41, 5.74) is 4.29. The molecule has 2 aliphatic rings. The minimum atomic E-state index is -1.92. The summed E-state index contributed by atoms with van der Waals surface area (Å²) in [6.07, 6.45) is -0.572. The number of fused-ring (bicyclic) bond motifs is 4. The number of hydrogen-bond donors (Lipinski definition) is 17. The Hall–Kier alpha value is -10.3. The number of phenolic OH excluding ortho intramolecular Hbond substituents is 2. The number of thioether (sulfide) groups is 2. The minimum absolute atomic E-state index is 0.0128. The fourth-order valence-electron chi connectivity index (χ4n) is 12.3. The summed E-state index contributed by atoms with van der Waals surface area (Å²) >= 11 is 2.52. The molecule has 1 saturated heterocycles. The third-order valence-electron chi connectivity index (χ3n) is 19.2. The fourth-order valence-corrected chi connectivity index (χ4v) is 14.3. The van der Waals surface area contributed by atoms with Crippen molar-refractivity contribution >= 4 is 111 Å². The molecule has 13 amide bonds. The molecule has 13 atom stereocenters. The van der Waals surface area contributed by atoms with Gasteiger partial charge in [0.2, 0.25) is 76.8 Å². The van der Waals surface area contributed by atoms with Crippen LogP contribution in [0.1, 0.15) is 124 Å². The topological polar surface area (TPSA) is 493 Å². The Labute approximate surface area is 646 Å². The Bertz CT molecular complexity index is 4170. The van der Waals surface area contributed by atoms with Crippen molar-refractivity contribution in [1.29, 1.82) is 0 Å². The number of hydrogen-bond acceptors (Lipinski definition) is 20. The van der Waals surface area contributed by atoms with Gasteiger partial charge in [0.25, 0.3) is 0 Å². The first kappa shape index (κ1) is 86.9. The lowest BCUT2D eigenvalue weighted by atomic mass is 9.85. The van der Waals surface area contributed by atoms with Crippen LogP contribution in [-0.2, 0) is 93.1 Å². The predicted octanol–water partition coefficient (Wildman–Crippen LogP) is 0.295. The number of rotatable bonds is 11. The molecule has 0 radical (unpaired) electrons. The number of amides is 13. The average Bonchev–Trinajstić information content (AvgIpc) is 1.23. The molecule has 32 nitrogen and oxygen atoms in total. The summed E-state index contributed by atoms with van der Waals surface area (Å²) in [5, 5.41) is 72.4. The number of nitrogens with one attached hydrogen (secondary N) is 12. The molecule has 0 saturated carbocycles. The smallest absolute Gasteiger partial charge is 0.246 e. The van der Waals surface area contributed by atoms with Crippen LogP contribution in [0, 0.1) is 11.3 Å². The molecule has 2 aromatic heterocycles. The first-order chi connectivity index (χ1) is 51.6. The number of aromatic hydroxyl groups is 2. The number of aliphatic hydroxyl groups is 2. The monoisotopic (exact) mass is 1560 g/mol. The van der Waals surface area contributed by atoms with E-state index >= 15 is 4.79 Å². The molecule has 2 aliphatic heterocycles. The number of nitrogens with zero attached hydrogens (tertiary/aromatic N) is 2. The number of phenols is 2. The van der Waals surface area contributed by atoms with E-state index in [9.17, 15) is 78.0 Å². The molecule has 0 aliphatic carbocycles.